The number of fused-ring (bicyclic) bond motifs is 1. The van der Waals surface area contributed by atoms with Crippen molar-refractivity contribution in [1.82, 2.24) is 9.97 Å². The minimum absolute atomic E-state index is 0.00750. The van der Waals surface area contributed by atoms with E-state index < -0.39 is 0 Å². The third-order valence-electron chi connectivity index (χ3n) is 3.30. The molecule has 0 radical (unpaired) electrons. The third kappa shape index (κ3) is 3.23. The molecule has 108 valence electrons. The average Bonchev–Trinajstić information content (AvgIpc) is 2.59. The zero-order chi connectivity index (χ0) is 15.4. The Bertz CT molecular complexity index is 841. The molecule has 0 bridgehead atoms. The van der Waals surface area contributed by atoms with Crippen molar-refractivity contribution in [1.29, 1.82) is 0 Å². The summed E-state index contributed by atoms with van der Waals surface area (Å²) in [5.74, 6) is -0.00750. The van der Waals surface area contributed by atoms with Crippen molar-refractivity contribution in [2.45, 2.75) is 4.90 Å². The normalized spacial score (nSPS) is 11.1. The molecule has 4 heteroatoms. The number of aromatic nitrogens is 2. The zero-order valence-electron chi connectivity index (χ0n) is 12.1. The van der Waals surface area contributed by atoms with Crippen molar-refractivity contribution in [3.63, 3.8) is 0 Å². The van der Waals surface area contributed by atoms with Gasteiger partial charge in [0.1, 0.15) is 0 Å². The van der Waals surface area contributed by atoms with Gasteiger partial charge in [-0.25, -0.2) is 0 Å². The third-order valence-corrected chi connectivity index (χ3v) is 4.04. The van der Waals surface area contributed by atoms with E-state index >= 15 is 0 Å². The number of allylic oxidation sites excluding steroid dienone is 1. The molecule has 0 aliphatic rings. The van der Waals surface area contributed by atoms with Crippen LogP contribution >= 0.6 is 11.8 Å². The Kier molecular flexibility index (Phi) is 4.30. The van der Waals surface area contributed by atoms with Crippen LogP contribution in [0.2, 0.25) is 0 Å². The van der Waals surface area contributed by atoms with Gasteiger partial charge in [-0.1, -0.05) is 12.1 Å². The van der Waals surface area contributed by atoms with Gasteiger partial charge in [-0.3, -0.25) is 14.8 Å². The SMILES string of the molecule is CSc1ccc(C(=O)/C=C/c2ccc3nccnc3c2)cc1. The van der Waals surface area contributed by atoms with Gasteiger partial charge in [0.25, 0.3) is 0 Å². The Hall–Kier alpha value is -2.46. The summed E-state index contributed by atoms with van der Waals surface area (Å²) in [4.78, 5) is 21.8. The number of nitrogens with zero attached hydrogens (tertiary/aromatic N) is 2. The molecule has 3 aromatic rings. The van der Waals surface area contributed by atoms with Crippen molar-refractivity contribution in [3.8, 4) is 0 Å². The molecule has 22 heavy (non-hydrogen) atoms. The summed E-state index contributed by atoms with van der Waals surface area (Å²) in [5.41, 5.74) is 3.29. The summed E-state index contributed by atoms with van der Waals surface area (Å²) >= 11 is 1.66. The zero-order valence-corrected chi connectivity index (χ0v) is 12.9. The summed E-state index contributed by atoms with van der Waals surface area (Å²) in [6, 6.07) is 13.4. The van der Waals surface area contributed by atoms with Crippen LogP contribution in [0.3, 0.4) is 0 Å². The molecule has 3 rings (SSSR count). The molecule has 0 N–H and O–H groups in total. The summed E-state index contributed by atoms with van der Waals surface area (Å²) in [5, 5.41) is 0. The number of carbonyl (C=O) groups is 1. The van der Waals surface area contributed by atoms with Gasteiger partial charge in [0.2, 0.25) is 0 Å². The number of hydrogen-bond acceptors (Lipinski definition) is 4. The van der Waals surface area contributed by atoms with E-state index in [2.05, 4.69) is 9.97 Å². The highest BCUT2D eigenvalue weighted by atomic mass is 32.2. The summed E-state index contributed by atoms with van der Waals surface area (Å²) in [6.07, 6.45) is 8.73. The number of carbonyl (C=O) groups excluding carboxylic acids is 1. The summed E-state index contributed by atoms with van der Waals surface area (Å²) in [7, 11) is 0. The van der Waals surface area contributed by atoms with Crippen LogP contribution in [-0.4, -0.2) is 22.0 Å². The van der Waals surface area contributed by atoms with Gasteiger partial charge in [-0.15, -0.1) is 11.8 Å². The predicted octanol–water partition coefficient (Wildman–Crippen LogP) is 4.25. The van der Waals surface area contributed by atoms with Gasteiger partial charge in [-0.05, 0) is 54.3 Å². The lowest BCUT2D eigenvalue weighted by molar-refractivity contribution is 0.104. The lowest BCUT2D eigenvalue weighted by Gasteiger charge is -1.99. The Morgan fingerprint density at radius 1 is 1.00 bits per heavy atom. The number of rotatable bonds is 4. The number of hydrogen-bond donors (Lipinski definition) is 0. The Labute approximate surface area is 133 Å². The second-order valence-electron chi connectivity index (χ2n) is 4.73. The van der Waals surface area contributed by atoms with E-state index in [0.717, 1.165) is 21.5 Å². The maximum Gasteiger partial charge on any atom is 0.185 e. The molecule has 0 atom stereocenters. The first-order valence-electron chi connectivity index (χ1n) is 6.83. The van der Waals surface area contributed by atoms with Gasteiger partial charge in [-0.2, -0.15) is 0 Å². The van der Waals surface area contributed by atoms with Gasteiger partial charge in [0, 0.05) is 22.9 Å². The Balaban J connectivity index is 1.80. The lowest BCUT2D eigenvalue weighted by Crippen LogP contribution is -1.93. The van der Waals surface area contributed by atoms with E-state index in [1.54, 1.807) is 36.3 Å². The van der Waals surface area contributed by atoms with Crippen LogP contribution in [0.1, 0.15) is 15.9 Å². The summed E-state index contributed by atoms with van der Waals surface area (Å²) in [6.45, 7) is 0. The molecule has 0 fully saturated rings. The number of thioether (sulfide) groups is 1. The van der Waals surface area contributed by atoms with Crippen molar-refractivity contribution in [2.24, 2.45) is 0 Å². The molecule has 0 amide bonds. The van der Waals surface area contributed by atoms with Gasteiger partial charge < -0.3 is 0 Å². The van der Waals surface area contributed by atoms with Crippen LogP contribution in [0.5, 0.6) is 0 Å². The first-order valence-corrected chi connectivity index (χ1v) is 8.06. The predicted molar refractivity (Wildman–Crippen MR) is 91.1 cm³/mol. The molecule has 0 saturated heterocycles. The van der Waals surface area contributed by atoms with Gasteiger partial charge in [0.05, 0.1) is 11.0 Å². The van der Waals surface area contributed by atoms with Crippen molar-refractivity contribution in [2.75, 3.05) is 6.26 Å². The minimum Gasteiger partial charge on any atom is -0.289 e. The van der Waals surface area contributed by atoms with E-state index in [9.17, 15) is 4.79 Å². The molecule has 0 aliphatic heterocycles. The second kappa shape index (κ2) is 6.54. The van der Waals surface area contributed by atoms with E-state index in [0.29, 0.717) is 5.56 Å². The van der Waals surface area contributed by atoms with E-state index in [1.807, 2.05) is 48.7 Å². The van der Waals surface area contributed by atoms with Crippen LogP contribution in [0.25, 0.3) is 17.1 Å². The highest BCUT2D eigenvalue weighted by molar-refractivity contribution is 7.98. The lowest BCUT2D eigenvalue weighted by atomic mass is 10.1. The summed E-state index contributed by atoms with van der Waals surface area (Å²) < 4.78 is 0. The van der Waals surface area contributed by atoms with Crippen LogP contribution in [0.15, 0.2) is 65.8 Å². The van der Waals surface area contributed by atoms with Crippen molar-refractivity contribution < 1.29 is 4.79 Å². The monoisotopic (exact) mass is 306 g/mol. The number of benzene rings is 2. The topological polar surface area (TPSA) is 42.9 Å². The molecular formula is C18H14N2OS. The molecular weight excluding hydrogens is 292 g/mol. The molecule has 0 spiro atoms. The van der Waals surface area contributed by atoms with Crippen LogP contribution in [-0.2, 0) is 0 Å². The molecule has 1 aromatic heterocycles. The second-order valence-corrected chi connectivity index (χ2v) is 5.61. The van der Waals surface area contributed by atoms with Gasteiger partial charge >= 0.3 is 0 Å². The van der Waals surface area contributed by atoms with Crippen LogP contribution < -0.4 is 0 Å². The molecule has 0 unspecified atom stereocenters. The van der Waals surface area contributed by atoms with Crippen molar-refractivity contribution in [3.05, 3.63) is 72.1 Å². The Morgan fingerprint density at radius 3 is 2.45 bits per heavy atom. The smallest absolute Gasteiger partial charge is 0.185 e. The highest BCUT2D eigenvalue weighted by Crippen LogP contribution is 2.16. The van der Waals surface area contributed by atoms with Crippen LogP contribution in [0.4, 0.5) is 0 Å². The molecule has 0 aliphatic carbocycles. The average molecular weight is 306 g/mol. The van der Waals surface area contributed by atoms with E-state index in [1.165, 1.54) is 0 Å². The quantitative estimate of drug-likeness (QED) is 0.410. The maximum absolute atomic E-state index is 12.2. The molecule has 2 aromatic carbocycles. The van der Waals surface area contributed by atoms with Crippen LogP contribution in [0, 0.1) is 0 Å². The first-order chi connectivity index (χ1) is 10.8. The van der Waals surface area contributed by atoms with E-state index in [4.69, 9.17) is 0 Å². The van der Waals surface area contributed by atoms with Gasteiger partial charge in [0.15, 0.2) is 5.78 Å². The highest BCUT2D eigenvalue weighted by Gasteiger charge is 2.02. The molecule has 0 saturated carbocycles. The number of ketones is 1. The fourth-order valence-corrected chi connectivity index (χ4v) is 2.52. The molecule has 1 heterocycles. The first kappa shape index (κ1) is 14.5. The minimum atomic E-state index is -0.00750. The standard InChI is InChI=1S/C18H14N2OS/c1-22-15-6-4-14(5-7-15)18(21)9-3-13-2-8-16-17(12-13)20-11-10-19-16/h2-12H,1H3/b9-3+. The van der Waals surface area contributed by atoms with E-state index in [-0.39, 0.29) is 5.78 Å². The van der Waals surface area contributed by atoms with Crippen molar-refractivity contribution >= 4 is 34.7 Å². The largest absolute Gasteiger partial charge is 0.289 e. The molecule has 3 nitrogen and oxygen atoms in total. The fraction of sp³-hybridized carbons (Fsp3) is 0.0556. The Morgan fingerprint density at radius 2 is 1.73 bits per heavy atom. The fourth-order valence-electron chi connectivity index (χ4n) is 2.11. The maximum atomic E-state index is 12.2.